The molecule has 0 saturated carbocycles. The highest BCUT2D eigenvalue weighted by Gasteiger charge is 2.29. The summed E-state index contributed by atoms with van der Waals surface area (Å²) in [4.78, 5) is 4.29. The molecule has 28 heavy (non-hydrogen) atoms. The molecule has 0 aliphatic carbocycles. The highest BCUT2D eigenvalue weighted by molar-refractivity contribution is 7.99. The van der Waals surface area contributed by atoms with Crippen molar-refractivity contribution >= 4 is 39.6 Å². The lowest BCUT2D eigenvalue weighted by molar-refractivity contribution is 1.17. The Kier molecular flexibility index (Phi) is 3.79. The van der Waals surface area contributed by atoms with Crippen molar-refractivity contribution in [1.82, 2.24) is 0 Å². The average Bonchev–Trinajstić information content (AvgIpc) is 2.76. The van der Waals surface area contributed by atoms with Gasteiger partial charge in [0, 0.05) is 15.2 Å². The summed E-state index contributed by atoms with van der Waals surface area (Å²) in [6, 6.07) is 30.4. The van der Waals surface area contributed by atoms with Gasteiger partial charge in [0.05, 0.1) is 28.2 Å². The van der Waals surface area contributed by atoms with E-state index in [1.807, 2.05) is 30.3 Å². The number of benzene rings is 4. The van der Waals surface area contributed by atoms with E-state index in [0.29, 0.717) is 16.8 Å². The maximum absolute atomic E-state index is 9.79. The Hall–Kier alpha value is -3.73. The smallest absolute Gasteiger partial charge is 0.101 e. The Morgan fingerprint density at radius 3 is 2.14 bits per heavy atom. The van der Waals surface area contributed by atoms with Gasteiger partial charge in [-0.05, 0) is 35.7 Å². The van der Waals surface area contributed by atoms with Crippen LogP contribution in [-0.2, 0) is 0 Å². The Morgan fingerprint density at radius 2 is 1.36 bits per heavy atom. The second kappa shape index (κ2) is 6.46. The van der Waals surface area contributed by atoms with Crippen LogP contribution < -0.4 is 4.90 Å². The number of fused-ring (bicyclic) bond motifs is 4. The molecule has 0 amide bonds. The first-order valence-corrected chi connectivity index (χ1v) is 9.65. The summed E-state index contributed by atoms with van der Waals surface area (Å²) >= 11 is 1.72. The normalized spacial score (nSPS) is 12.0. The van der Waals surface area contributed by atoms with Crippen molar-refractivity contribution < 1.29 is 0 Å². The average molecular weight is 375 g/mol. The molecular formula is C24H13N3S. The van der Waals surface area contributed by atoms with Crippen molar-refractivity contribution in [3.63, 3.8) is 0 Å². The minimum atomic E-state index is 0.486. The Labute approximate surface area is 167 Å². The van der Waals surface area contributed by atoms with Gasteiger partial charge in [-0.3, -0.25) is 0 Å². The number of hydrogen-bond acceptors (Lipinski definition) is 4. The standard InChI is InChI=1S/C24H13N3S/c25-14-17-7-5-8-18(15-26)23(17)27-20-10-3-4-11-21(20)28-22-13-12-16-6-1-2-9-19(16)24(22)27/h1-13H. The fourth-order valence-corrected chi connectivity index (χ4v) is 4.79. The van der Waals surface area contributed by atoms with Gasteiger partial charge < -0.3 is 4.90 Å². The quantitative estimate of drug-likeness (QED) is 0.335. The molecule has 4 aromatic carbocycles. The molecule has 4 aromatic rings. The van der Waals surface area contributed by atoms with Crippen LogP contribution in [0.4, 0.5) is 17.1 Å². The number of rotatable bonds is 1. The summed E-state index contributed by atoms with van der Waals surface area (Å²) in [5.74, 6) is 0. The molecule has 0 spiro atoms. The SMILES string of the molecule is N#Cc1cccc(C#N)c1N1c2ccccc2Sc2ccc3ccccc3c21. The maximum Gasteiger partial charge on any atom is 0.101 e. The number of hydrogen-bond donors (Lipinski definition) is 0. The lowest BCUT2D eigenvalue weighted by Crippen LogP contribution is -2.17. The fraction of sp³-hybridized carbons (Fsp3) is 0. The van der Waals surface area contributed by atoms with Gasteiger partial charge in [0.2, 0.25) is 0 Å². The summed E-state index contributed by atoms with van der Waals surface area (Å²) in [6.07, 6.45) is 0. The van der Waals surface area contributed by atoms with Gasteiger partial charge in [0.25, 0.3) is 0 Å². The summed E-state index contributed by atoms with van der Waals surface area (Å²) in [5, 5.41) is 21.8. The van der Waals surface area contributed by atoms with E-state index in [1.165, 1.54) is 0 Å². The van der Waals surface area contributed by atoms with Gasteiger partial charge in [-0.15, -0.1) is 0 Å². The molecule has 1 aliphatic heterocycles. The molecule has 0 radical (unpaired) electrons. The van der Waals surface area contributed by atoms with E-state index in [1.54, 1.807) is 30.0 Å². The number of para-hydroxylation sites is 2. The van der Waals surface area contributed by atoms with E-state index in [4.69, 9.17) is 0 Å². The van der Waals surface area contributed by atoms with Crippen LogP contribution >= 0.6 is 11.8 Å². The molecule has 3 nitrogen and oxygen atoms in total. The minimum Gasteiger partial charge on any atom is -0.305 e. The number of nitriles is 2. The summed E-state index contributed by atoms with van der Waals surface area (Å²) in [5.41, 5.74) is 3.61. The highest BCUT2D eigenvalue weighted by Crippen LogP contribution is 2.54. The Bertz CT molecular complexity index is 1300. The highest BCUT2D eigenvalue weighted by atomic mass is 32.2. The van der Waals surface area contributed by atoms with Crippen LogP contribution in [0.5, 0.6) is 0 Å². The molecule has 0 atom stereocenters. The summed E-state index contributed by atoms with van der Waals surface area (Å²) < 4.78 is 0. The zero-order valence-corrected chi connectivity index (χ0v) is 15.6. The zero-order valence-electron chi connectivity index (χ0n) is 14.8. The summed E-state index contributed by atoms with van der Waals surface area (Å²) in [7, 11) is 0. The topological polar surface area (TPSA) is 50.8 Å². The third-order valence-corrected chi connectivity index (χ3v) is 6.03. The van der Waals surface area contributed by atoms with E-state index >= 15 is 0 Å². The molecule has 0 bridgehead atoms. The molecule has 0 N–H and O–H groups in total. The molecule has 0 saturated heterocycles. The lowest BCUT2D eigenvalue weighted by atomic mass is 10.0. The second-order valence-electron chi connectivity index (χ2n) is 6.46. The van der Waals surface area contributed by atoms with Gasteiger partial charge in [-0.2, -0.15) is 10.5 Å². The zero-order chi connectivity index (χ0) is 19.1. The van der Waals surface area contributed by atoms with Crippen molar-refractivity contribution in [2.75, 3.05) is 4.90 Å². The molecular weight excluding hydrogens is 362 g/mol. The first kappa shape index (κ1) is 16.4. The van der Waals surface area contributed by atoms with E-state index in [-0.39, 0.29) is 0 Å². The number of nitrogens with zero attached hydrogens (tertiary/aromatic N) is 3. The van der Waals surface area contributed by atoms with Gasteiger partial charge in [0.1, 0.15) is 12.1 Å². The monoisotopic (exact) mass is 375 g/mol. The molecule has 1 aliphatic rings. The van der Waals surface area contributed by atoms with E-state index < -0.39 is 0 Å². The molecule has 130 valence electrons. The fourth-order valence-electron chi connectivity index (χ4n) is 3.71. The molecule has 0 aromatic heterocycles. The Morgan fingerprint density at radius 1 is 0.643 bits per heavy atom. The lowest BCUT2D eigenvalue weighted by Gasteiger charge is -2.34. The van der Waals surface area contributed by atoms with E-state index in [9.17, 15) is 10.5 Å². The van der Waals surface area contributed by atoms with Crippen LogP contribution in [0.15, 0.2) is 88.7 Å². The van der Waals surface area contributed by atoms with Gasteiger partial charge in [-0.25, -0.2) is 0 Å². The third-order valence-electron chi connectivity index (χ3n) is 4.91. The maximum atomic E-state index is 9.79. The van der Waals surface area contributed by atoms with E-state index in [0.717, 1.165) is 31.9 Å². The van der Waals surface area contributed by atoms with Crippen LogP contribution in [0.2, 0.25) is 0 Å². The van der Waals surface area contributed by atoms with Gasteiger partial charge >= 0.3 is 0 Å². The van der Waals surface area contributed by atoms with Gasteiger partial charge in [0.15, 0.2) is 0 Å². The van der Waals surface area contributed by atoms with Crippen molar-refractivity contribution in [2.24, 2.45) is 0 Å². The molecule has 0 fully saturated rings. The minimum absolute atomic E-state index is 0.486. The summed E-state index contributed by atoms with van der Waals surface area (Å²) in [6.45, 7) is 0. The molecule has 5 rings (SSSR count). The van der Waals surface area contributed by atoms with Crippen LogP contribution in [0, 0.1) is 22.7 Å². The molecule has 4 heteroatoms. The van der Waals surface area contributed by atoms with Crippen LogP contribution in [0.1, 0.15) is 11.1 Å². The van der Waals surface area contributed by atoms with E-state index in [2.05, 4.69) is 47.4 Å². The third kappa shape index (κ3) is 2.36. The largest absolute Gasteiger partial charge is 0.305 e. The molecule has 0 unspecified atom stereocenters. The van der Waals surface area contributed by atoms with Crippen molar-refractivity contribution in [1.29, 1.82) is 10.5 Å². The predicted molar refractivity (Wildman–Crippen MR) is 112 cm³/mol. The van der Waals surface area contributed by atoms with Gasteiger partial charge in [-0.1, -0.05) is 60.3 Å². The van der Waals surface area contributed by atoms with Crippen molar-refractivity contribution in [3.05, 3.63) is 90.0 Å². The first-order chi connectivity index (χ1) is 13.8. The van der Waals surface area contributed by atoms with Crippen molar-refractivity contribution in [2.45, 2.75) is 9.79 Å². The first-order valence-electron chi connectivity index (χ1n) is 8.84. The van der Waals surface area contributed by atoms with Crippen LogP contribution in [0.25, 0.3) is 10.8 Å². The van der Waals surface area contributed by atoms with Crippen LogP contribution in [-0.4, -0.2) is 0 Å². The predicted octanol–water partition coefficient (Wildman–Crippen LogP) is 6.52. The Balaban J connectivity index is 1.94. The number of anilines is 3. The van der Waals surface area contributed by atoms with Crippen LogP contribution in [0.3, 0.4) is 0 Å². The molecule has 1 heterocycles. The second-order valence-corrected chi connectivity index (χ2v) is 7.55. The van der Waals surface area contributed by atoms with Crippen molar-refractivity contribution in [3.8, 4) is 12.1 Å².